The molecule has 0 aliphatic carbocycles. The van der Waals surface area contributed by atoms with Gasteiger partial charge in [0.2, 0.25) is 0 Å². The van der Waals surface area contributed by atoms with E-state index in [-0.39, 0.29) is 6.42 Å². The number of amides is 1. The lowest BCUT2D eigenvalue weighted by atomic mass is 10.1. The van der Waals surface area contributed by atoms with E-state index in [0.29, 0.717) is 12.9 Å². The summed E-state index contributed by atoms with van der Waals surface area (Å²) in [7, 11) is 0. The van der Waals surface area contributed by atoms with E-state index in [1.807, 2.05) is 54.6 Å². The van der Waals surface area contributed by atoms with Gasteiger partial charge in [0.05, 0.1) is 0 Å². The van der Waals surface area contributed by atoms with Crippen LogP contribution in [0, 0.1) is 0 Å². The molecule has 0 spiro atoms. The summed E-state index contributed by atoms with van der Waals surface area (Å²) in [5.41, 5.74) is 6.84. The van der Waals surface area contributed by atoms with E-state index < -0.39 is 12.2 Å². The van der Waals surface area contributed by atoms with Gasteiger partial charge in [-0.15, -0.1) is 0 Å². The molecule has 0 radical (unpaired) electrons. The van der Waals surface area contributed by atoms with Gasteiger partial charge < -0.3 is 15.2 Å². The molecule has 114 valence electrons. The summed E-state index contributed by atoms with van der Waals surface area (Å²) in [5.74, 6) is 0.728. The van der Waals surface area contributed by atoms with Crippen molar-refractivity contribution in [2.75, 3.05) is 0 Å². The van der Waals surface area contributed by atoms with Crippen LogP contribution in [0.3, 0.4) is 0 Å². The van der Waals surface area contributed by atoms with Crippen LogP contribution in [0.15, 0.2) is 54.6 Å². The van der Waals surface area contributed by atoms with Gasteiger partial charge in [0.15, 0.2) is 12.4 Å². The molecule has 5 nitrogen and oxygen atoms in total. The first-order valence-electron chi connectivity index (χ1n) is 6.84. The zero-order valence-corrected chi connectivity index (χ0v) is 12.0. The fourth-order valence-corrected chi connectivity index (χ4v) is 1.96. The minimum atomic E-state index is -0.958. The Balaban J connectivity index is 1.89. The number of aldehydes is 1. The molecule has 5 heteroatoms. The third-order valence-electron chi connectivity index (χ3n) is 3.03. The average Bonchev–Trinajstić information content (AvgIpc) is 2.54. The van der Waals surface area contributed by atoms with Gasteiger partial charge in [-0.2, -0.15) is 0 Å². The molecular weight excluding hydrogens is 282 g/mol. The van der Waals surface area contributed by atoms with Crippen LogP contribution in [-0.4, -0.2) is 18.5 Å². The average molecular weight is 299 g/mol. The number of carbonyl (C=O) groups is 2. The van der Waals surface area contributed by atoms with Crippen molar-refractivity contribution < 1.29 is 19.1 Å². The summed E-state index contributed by atoms with van der Waals surface area (Å²) >= 11 is 0. The van der Waals surface area contributed by atoms with Crippen molar-refractivity contribution in [2.45, 2.75) is 19.1 Å². The predicted molar refractivity (Wildman–Crippen MR) is 81.4 cm³/mol. The molecule has 0 heterocycles. The Kier molecular flexibility index (Phi) is 5.54. The SMILES string of the molecule is NC(=O)OC(C=O)Cc1ccc(OCc2ccccc2)cc1. The number of primary amides is 1. The van der Waals surface area contributed by atoms with Gasteiger partial charge >= 0.3 is 6.09 Å². The predicted octanol–water partition coefficient (Wildman–Crippen LogP) is 2.47. The standard InChI is InChI=1S/C17H17NO4/c18-17(20)22-16(11-19)10-13-6-8-15(9-7-13)21-12-14-4-2-1-3-5-14/h1-9,11,16H,10,12H2,(H2,18,20). The van der Waals surface area contributed by atoms with Crippen LogP contribution in [-0.2, 0) is 22.6 Å². The van der Waals surface area contributed by atoms with E-state index in [2.05, 4.69) is 4.74 Å². The van der Waals surface area contributed by atoms with Gasteiger partial charge in [-0.1, -0.05) is 42.5 Å². The number of benzene rings is 2. The van der Waals surface area contributed by atoms with Gasteiger partial charge in [0.25, 0.3) is 0 Å². The molecule has 0 aliphatic heterocycles. The van der Waals surface area contributed by atoms with Crippen molar-refractivity contribution in [2.24, 2.45) is 5.73 Å². The zero-order chi connectivity index (χ0) is 15.8. The van der Waals surface area contributed by atoms with Crippen LogP contribution >= 0.6 is 0 Å². The van der Waals surface area contributed by atoms with Crippen molar-refractivity contribution in [3.8, 4) is 5.75 Å². The van der Waals surface area contributed by atoms with Gasteiger partial charge in [0.1, 0.15) is 12.4 Å². The fraction of sp³-hybridized carbons (Fsp3) is 0.176. The molecule has 0 fully saturated rings. The van der Waals surface area contributed by atoms with Crippen LogP contribution in [0.1, 0.15) is 11.1 Å². The third kappa shape index (κ3) is 4.94. The van der Waals surface area contributed by atoms with Crippen molar-refractivity contribution >= 4 is 12.4 Å². The molecule has 1 unspecified atom stereocenters. The molecule has 2 aromatic rings. The highest BCUT2D eigenvalue weighted by Gasteiger charge is 2.12. The molecule has 2 N–H and O–H groups in total. The van der Waals surface area contributed by atoms with Gasteiger partial charge in [-0.05, 0) is 23.3 Å². The summed E-state index contributed by atoms with van der Waals surface area (Å²) in [5, 5.41) is 0. The van der Waals surface area contributed by atoms with Crippen molar-refractivity contribution in [3.63, 3.8) is 0 Å². The van der Waals surface area contributed by atoms with Crippen molar-refractivity contribution in [1.29, 1.82) is 0 Å². The van der Waals surface area contributed by atoms with Gasteiger partial charge in [0, 0.05) is 6.42 Å². The summed E-state index contributed by atoms with van der Waals surface area (Å²) in [6.45, 7) is 0.488. The number of carbonyl (C=O) groups excluding carboxylic acids is 2. The maximum Gasteiger partial charge on any atom is 0.405 e. The van der Waals surface area contributed by atoms with E-state index in [1.54, 1.807) is 0 Å². The molecule has 2 rings (SSSR count). The second-order valence-electron chi connectivity index (χ2n) is 4.73. The maximum absolute atomic E-state index is 10.8. The summed E-state index contributed by atoms with van der Waals surface area (Å²) in [6, 6.07) is 17.1. The van der Waals surface area contributed by atoms with E-state index >= 15 is 0 Å². The first-order chi connectivity index (χ1) is 10.7. The Hall–Kier alpha value is -2.82. The number of nitrogens with two attached hydrogens (primary N) is 1. The quantitative estimate of drug-likeness (QED) is 0.797. The van der Waals surface area contributed by atoms with Crippen LogP contribution in [0.4, 0.5) is 4.79 Å². The minimum Gasteiger partial charge on any atom is -0.489 e. The number of hydrogen-bond donors (Lipinski definition) is 1. The molecule has 0 saturated carbocycles. The topological polar surface area (TPSA) is 78.6 Å². The molecule has 0 aromatic heterocycles. The van der Waals surface area contributed by atoms with Crippen molar-refractivity contribution in [1.82, 2.24) is 0 Å². The second kappa shape index (κ2) is 7.83. The highest BCUT2D eigenvalue weighted by molar-refractivity contribution is 5.69. The molecule has 1 amide bonds. The number of ether oxygens (including phenoxy) is 2. The lowest BCUT2D eigenvalue weighted by molar-refractivity contribution is -0.114. The Labute approximate surface area is 128 Å². The van der Waals surface area contributed by atoms with Gasteiger partial charge in [-0.25, -0.2) is 4.79 Å². The molecule has 1 atom stereocenters. The molecular formula is C17H17NO4. The molecule has 22 heavy (non-hydrogen) atoms. The Bertz CT molecular complexity index is 610. The van der Waals surface area contributed by atoms with Gasteiger partial charge in [-0.3, -0.25) is 4.79 Å². The Morgan fingerprint density at radius 3 is 2.32 bits per heavy atom. The monoisotopic (exact) mass is 299 g/mol. The zero-order valence-electron chi connectivity index (χ0n) is 12.0. The highest BCUT2D eigenvalue weighted by Crippen LogP contribution is 2.15. The number of hydrogen-bond acceptors (Lipinski definition) is 4. The normalized spacial score (nSPS) is 11.5. The molecule has 0 bridgehead atoms. The smallest absolute Gasteiger partial charge is 0.405 e. The minimum absolute atomic E-state index is 0.283. The Morgan fingerprint density at radius 2 is 1.73 bits per heavy atom. The largest absolute Gasteiger partial charge is 0.489 e. The first kappa shape index (κ1) is 15.6. The maximum atomic E-state index is 10.8. The molecule has 2 aromatic carbocycles. The molecule has 0 aliphatic rings. The summed E-state index contributed by atoms with van der Waals surface area (Å²) in [6.07, 6.45) is -0.982. The van der Waals surface area contributed by atoms with Crippen LogP contribution in [0.2, 0.25) is 0 Å². The van der Waals surface area contributed by atoms with E-state index in [1.165, 1.54) is 0 Å². The lowest BCUT2D eigenvalue weighted by Crippen LogP contribution is -2.25. The highest BCUT2D eigenvalue weighted by atomic mass is 16.6. The number of rotatable bonds is 7. The van der Waals surface area contributed by atoms with Crippen molar-refractivity contribution in [3.05, 3.63) is 65.7 Å². The Morgan fingerprint density at radius 1 is 1.05 bits per heavy atom. The second-order valence-corrected chi connectivity index (χ2v) is 4.73. The lowest BCUT2D eigenvalue weighted by Gasteiger charge is -2.11. The summed E-state index contributed by atoms with van der Waals surface area (Å²) in [4.78, 5) is 21.5. The third-order valence-corrected chi connectivity index (χ3v) is 3.03. The molecule has 0 saturated heterocycles. The van der Waals surface area contributed by atoms with Crippen LogP contribution in [0.5, 0.6) is 5.75 Å². The fourth-order valence-electron chi connectivity index (χ4n) is 1.96. The van der Waals surface area contributed by atoms with E-state index in [0.717, 1.165) is 16.9 Å². The van der Waals surface area contributed by atoms with Crippen LogP contribution < -0.4 is 10.5 Å². The van der Waals surface area contributed by atoms with Crippen LogP contribution in [0.25, 0.3) is 0 Å². The van der Waals surface area contributed by atoms with E-state index in [4.69, 9.17) is 10.5 Å². The summed E-state index contributed by atoms with van der Waals surface area (Å²) < 4.78 is 10.3. The van der Waals surface area contributed by atoms with E-state index in [9.17, 15) is 9.59 Å². The first-order valence-corrected chi connectivity index (χ1v) is 6.84.